The topological polar surface area (TPSA) is 37.6 Å². The Labute approximate surface area is 210 Å². The Bertz CT molecular complexity index is 1140. The molecule has 1 aromatic heterocycles. The minimum Gasteiger partial charge on any atom is -0.252 e. The van der Waals surface area contributed by atoms with Crippen molar-refractivity contribution in [1.82, 2.24) is 4.98 Å². The fourth-order valence-electron chi connectivity index (χ4n) is 3.57. The molecule has 0 unspecified atom stereocenters. The molecular formula is C29H35FeN3. The maximum absolute atomic E-state index is 4.93. The van der Waals surface area contributed by atoms with Crippen molar-refractivity contribution in [2.45, 2.75) is 66.2 Å². The monoisotopic (exact) mass is 481 g/mol. The maximum atomic E-state index is 4.93. The zero-order chi connectivity index (χ0) is 23.5. The molecule has 0 atom stereocenters. The van der Waals surface area contributed by atoms with Crippen molar-refractivity contribution >= 4 is 22.8 Å². The van der Waals surface area contributed by atoms with Crippen LogP contribution in [0.1, 0.15) is 77.9 Å². The van der Waals surface area contributed by atoms with Gasteiger partial charge >= 0.3 is 0 Å². The van der Waals surface area contributed by atoms with Gasteiger partial charge in [0.2, 0.25) is 0 Å². The molecule has 2 aromatic carbocycles. The third kappa shape index (κ3) is 6.96. The van der Waals surface area contributed by atoms with E-state index in [1.807, 2.05) is 38.1 Å². The van der Waals surface area contributed by atoms with Crippen molar-refractivity contribution in [2.24, 2.45) is 9.98 Å². The van der Waals surface area contributed by atoms with Crippen LogP contribution in [0.4, 0.5) is 11.4 Å². The molecule has 0 saturated carbocycles. The summed E-state index contributed by atoms with van der Waals surface area (Å²) in [5.74, 6) is 0. The molecule has 1 heterocycles. The summed E-state index contributed by atoms with van der Waals surface area (Å²) in [6, 6.07) is 22.8. The fourth-order valence-corrected chi connectivity index (χ4v) is 3.57. The average molecular weight is 481 g/mol. The van der Waals surface area contributed by atoms with Gasteiger partial charge in [-0.25, -0.2) is 4.98 Å². The van der Waals surface area contributed by atoms with Crippen molar-refractivity contribution in [1.29, 1.82) is 0 Å². The van der Waals surface area contributed by atoms with Gasteiger partial charge in [0.1, 0.15) is 0 Å². The average Bonchev–Trinajstić information content (AvgIpc) is 2.73. The number of nitrogens with zero attached hydrogens (tertiary/aromatic N) is 3. The fraction of sp³-hybridized carbons (Fsp3) is 0.345. The molecule has 0 aliphatic carbocycles. The predicted molar refractivity (Wildman–Crippen MR) is 138 cm³/mol. The second-order valence-electron chi connectivity index (χ2n) is 10.4. The molecule has 0 N–H and O–H groups in total. The summed E-state index contributed by atoms with van der Waals surface area (Å²) in [7, 11) is 0. The van der Waals surface area contributed by atoms with E-state index in [9.17, 15) is 0 Å². The summed E-state index contributed by atoms with van der Waals surface area (Å²) < 4.78 is 0. The minimum absolute atomic E-state index is 0. The first-order chi connectivity index (χ1) is 14.9. The Morgan fingerprint density at radius 3 is 1.73 bits per heavy atom. The number of benzene rings is 2. The number of aromatic nitrogens is 1. The van der Waals surface area contributed by atoms with E-state index in [4.69, 9.17) is 15.0 Å². The second-order valence-corrected chi connectivity index (χ2v) is 10.4. The quantitative estimate of drug-likeness (QED) is 0.275. The molecule has 174 valence electrons. The van der Waals surface area contributed by atoms with Crippen LogP contribution in [0.2, 0.25) is 0 Å². The van der Waals surface area contributed by atoms with E-state index < -0.39 is 0 Å². The van der Waals surface area contributed by atoms with Crippen LogP contribution in [0.25, 0.3) is 0 Å². The van der Waals surface area contributed by atoms with Gasteiger partial charge in [-0.05, 0) is 66.1 Å². The molecule has 0 bridgehead atoms. The number of para-hydroxylation sites is 1. The number of aliphatic imine (C=N–C) groups is 2. The molecule has 0 saturated heterocycles. The molecule has 0 aliphatic rings. The van der Waals surface area contributed by atoms with E-state index >= 15 is 0 Å². The standard InChI is InChI=1S/C29H35N3.Fe/c1-20(30-23-18-16-22(17-19-23)28(3,4)5)25-14-11-15-26(32-25)21(2)31-27-13-10-9-12-24(27)29(6,7)8;/h9-19H,1-8H3;. The number of hydrogen-bond acceptors (Lipinski definition) is 3. The molecular weight excluding hydrogens is 446 g/mol. The summed E-state index contributed by atoms with van der Waals surface area (Å²) in [5.41, 5.74) is 8.13. The third-order valence-corrected chi connectivity index (χ3v) is 5.52. The van der Waals surface area contributed by atoms with Crippen molar-refractivity contribution in [3.8, 4) is 0 Å². The SMILES string of the molecule is CC(=Nc1ccc(C(C)(C)C)cc1)c1cccc(C(C)=Nc2ccccc2C(C)(C)C)n1.[Fe]. The normalized spacial score (nSPS) is 13.0. The van der Waals surface area contributed by atoms with E-state index in [-0.39, 0.29) is 27.9 Å². The molecule has 0 radical (unpaired) electrons. The number of rotatable bonds is 4. The van der Waals surface area contributed by atoms with E-state index in [0.29, 0.717) is 0 Å². The molecule has 3 rings (SSSR count). The Hall–Kier alpha value is -2.55. The van der Waals surface area contributed by atoms with E-state index in [1.165, 1.54) is 11.1 Å². The molecule has 0 spiro atoms. The zero-order valence-corrected chi connectivity index (χ0v) is 22.2. The molecule has 3 aromatic rings. The van der Waals surface area contributed by atoms with Crippen LogP contribution in [0.3, 0.4) is 0 Å². The predicted octanol–water partition coefficient (Wildman–Crippen LogP) is 7.96. The van der Waals surface area contributed by atoms with Crippen molar-refractivity contribution < 1.29 is 17.1 Å². The van der Waals surface area contributed by atoms with Gasteiger partial charge in [-0.15, -0.1) is 0 Å². The summed E-state index contributed by atoms with van der Waals surface area (Å²) in [4.78, 5) is 14.6. The first-order valence-corrected chi connectivity index (χ1v) is 11.2. The van der Waals surface area contributed by atoms with Gasteiger partial charge in [-0.3, -0.25) is 9.98 Å². The van der Waals surface area contributed by atoms with Gasteiger partial charge in [0.05, 0.1) is 34.2 Å². The molecule has 0 aliphatic heterocycles. The van der Waals surface area contributed by atoms with Gasteiger partial charge < -0.3 is 0 Å². The van der Waals surface area contributed by atoms with E-state index in [1.54, 1.807) is 0 Å². The van der Waals surface area contributed by atoms with Crippen LogP contribution in [0.5, 0.6) is 0 Å². The van der Waals surface area contributed by atoms with Crippen LogP contribution in [0.15, 0.2) is 76.7 Å². The summed E-state index contributed by atoms with van der Waals surface area (Å²) in [6.45, 7) is 17.3. The van der Waals surface area contributed by atoms with Gasteiger partial charge in [0.25, 0.3) is 0 Å². The van der Waals surface area contributed by atoms with E-state index in [2.05, 4.69) is 84.0 Å². The van der Waals surface area contributed by atoms with Crippen LogP contribution in [0, 0.1) is 0 Å². The van der Waals surface area contributed by atoms with Gasteiger partial charge in [-0.2, -0.15) is 0 Å². The molecule has 33 heavy (non-hydrogen) atoms. The van der Waals surface area contributed by atoms with Crippen molar-refractivity contribution in [3.05, 3.63) is 89.2 Å². The zero-order valence-electron chi connectivity index (χ0n) is 21.0. The summed E-state index contributed by atoms with van der Waals surface area (Å²) in [5, 5.41) is 0. The second kappa shape index (κ2) is 10.6. The van der Waals surface area contributed by atoms with Crippen molar-refractivity contribution in [2.75, 3.05) is 0 Å². The number of pyridine rings is 1. The van der Waals surface area contributed by atoms with Gasteiger partial charge in [0, 0.05) is 17.1 Å². The van der Waals surface area contributed by atoms with Crippen LogP contribution < -0.4 is 0 Å². The summed E-state index contributed by atoms with van der Waals surface area (Å²) >= 11 is 0. The Balaban J connectivity index is 0.00000385. The van der Waals surface area contributed by atoms with Crippen LogP contribution >= 0.6 is 0 Å². The molecule has 0 amide bonds. The smallest absolute Gasteiger partial charge is 0.0849 e. The molecule has 0 fully saturated rings. The number of hydrogen-bond donors (Lipinski definition) is 0. The maximum Gasteiger partial charge on any atom is 0.0849 e. The largest absolute Gasteiger partial charge is 0.252 e. The molecule has 4 heteroatoms. The summed E-state index contributed by atoms with van der Waals surface area (Å²) in [6.07, 6.45) is 0. The first kappa shape index (κ1) is 26.7. The van der Waals surface area contributed by atoms with E-state index in [0.717, 1.165) is 34.2 Å². The Morgan fingerprint density at radius 2 is 1.18 bits per heavy atom. The third-order valence-electron chi connectivity index (χ3n) is 5.52. The van der Waals surface area contributed by atoms with Gasteiger partial charge in [-0.1, -0.05) is 77.9 Å². The molecule has 3 nitrogen and oxygen atoms in total. The Kier molecular flexibility index (Phi) is 8.57. The minimum atomic E-state index is 0. The first-order valence-electron chi connectivity index (χ1n) is 11.2. The van der Waals surface area contributed by atoms with Crippen molar-refractivity contribution in [3.63, 3.8) is 0 Å². The van der Waals surface area contributed by atoms with Crippen LogP contribution in [-0.4, -0.2) is 16.4 Å². The van der Waals surface area contributed by atoms with Crippen LogP contribution in [-0.2, 0) is 27.9 Å². The van der Waals surface area contributed by atoms with Gasteiger partial charge in [0.15, 0.2) is 0 Å². The Morgan fingerprint density at radius 1 is 0.636 bits per heavy atom.